The summed E-state index contributed by atoms with van der Waals surface area (Å²) in [5.41, 5.74) is 3.15. The molecule has 1 amide bonds. The maximum Gasteiger partial charge on any atom is 0.255 e. The number of benzene rings is 1. The van der Waals surface area contributed by atoms with E-state index in [1.165, 1.54) is 12.1 Å². The van der Waals surface area contributed by atoms with Crippen molar-refractivity contribution in [2.75, 3.05) is 6.54 Å². The molecule has 4 rings (SSSR count). The molecule has 0 aliphatic rings. The molecule has 3 heterocycles. The van der Waals surface area contributed by atoms with E-state index in [4.69, 9.17) is 4.42 Å². The highest BCUT2D eigenvalue weighted by atomic mass is 19.1. The Morgan fingerprint density at radius 3 is 2.76 bits per heavy atom. The Kier molecular flexibility index (Phi) is 4.88. The quantitative estimate of drug-likeness (QED) is 0.507. The number of nitrogens with zero attached hydrogens (tertiary/aromatic N) is 4. The van der Waals surface area contributed by atoms with E-state index in [0.29, 0.717) is 41.1 Å². The second-order valence-electron chi connectivity index (χ2n) is 6.89. The second kappa shape index (κ2) is 7.50. The summed E-state index contributed by atoms with van der Waals surface area (Å²) in [6.07, 6.45) is 1.57. The van der Waals surface area contributed by atoms with Gasteiger partial charge in [-0.15, -0.1) is 0 Å². The lowest BCUT2D eigenvalue weighted by Crippen LogP contribution is -2.30. The molecule has 0 N–H and O–H groups in total. The fourth-order valence-electron chi connectivity index (χ4n) is 3.52. The number of fused-ring (bicyclic) bond motifs is 1. The summed E-state index contributed by atoms with van der Waals surface area (Å²) in [5, 5.41) is 5.15. The van der Waals surface area contributed by atoms with E-state index in [1.807, 2.05) is 19.9 Å². The molecule has 4 aromatic rings. The molecule has 0 saturated heterocycles. The van der Waals surface area contributed by atoms with E-state index >= 15 is 0 Å². The average molecular weight is 392 g/mol. The first kappa shape index (κ1) is 18.9. The largest absolute Gasteiger partial charge is 0.463 e. The van der Waals surface area contributed by atoms with Crippen LogP contribution in [-0.4, -0.2) is 32.1 Å². The Morgan fingerprint density at radius 2 is 2.07 bits per heavy atom. The number of carbonyl (C=O) groups excluding carboxylic acids is 1. The molecule has 0 unspecified atom stereocenters. The monoisotopic (exact) mass is 392 g/mol. The van der Waals surface area contributed by atoms with E-state index in [1.54, 1.807) is 47.2 Å². The second-order valence-corrected chi connectivity index (χ2v) is 6.89. The summed E-state index contributed by atoms with van der Waals surface area (Å²) in [5.74, 6) is 0.0987. The molecule has 0 bridgehead atoms. The smallest absolute Gasteiger partial charge is 0.255 e. The lowest BCUT2D eigenvalue weighted by atomic mass is 10.1. The number of pyridine rings is 1. The zero-order chi connectivity index (χ0) is 20.5. The highest BCUT2D eigenvalue weighted by molar-refractivity contribution is 6.07. The molecule has 6 nitrogen and oxygen atoms in total. The summed E-state index contributed by atoms with van der Waals surface area (Å²) in [4.78, 5) is 19.8. The third-order valence-electron chi connectivity index (χ3n) is 4.90. The van der Waals surface area contributed by atoms with Gasteiger partial charge < -0.3 is 9.32 Å². The predicted octanol–water partition coefficient (Wildman–Crippen LogP) is 4.34. The predicted molar refractivity (Wildman–Crippen MR) is 108 cm³/mol. The minimum absolute atomic E-state index is 0.159. The third kappa shape index (κ3) is 3.51. The van der Waals surface area contributed by atoms with Gasteiger partial charge in [0, 0.05) is 20.1 Å². The molecule has 7 heteroatoms. The fourth-order valence-corrected chi connectivity index (χ4v) is 3.52. The Hall–Kier alpha value is -3.48. The van der Waals surface area contributed by atoms with Crippen molar-refractivity contribution in [3.05, 3.63) is 71.4 Å². The minimum Gasteiger partial charge on any atom is -0.463 e. The first-order valence-electron chi connectivity index (χ1n) is 9.40. The SMILES string of the molecule is CCN(Cc1cccc(F)c1)C(=O)c1cc(-c2ccco2)nc2c1c(C)nn2C. The van der Waals surface area contributed by atoms with Gasteiger partial charge in [0.15, 0.2) is 11.4 Å². The van der Waals surface area contributed by atoms with Crippen LogP contribution in [0.15, 0.2) is 53.1 Å². The molecule has 0 aliphatic carbocycles. The van der Waals surface area contributed by atoms with Gasteiger partial charge in [-0.1, -0.05) is 12.1 Å². The van der Waals surface area contributed by atoms with Crippen LogP contribution < -0.4 is 0 Å². The topological polar surface area (TPSA) is 64.2 Å². The molecule has 0 radical (unpaired) electrons. The Balaban J connectivity index is 1.81. The van der Waals surface area contributed by atoms with Crippen LogP contribution in [0.25, 0.3) is 22.5 Å². The summed E-state index contributed by atoms with van der Waals surface area (Å²) >= 11 is 0. The van der Waals surface area contributed by atoms with E-state index < -0.39 is 0 Å². The molecule has 29 heavy (non-hydrogen) atoms. The van der Waals surface area contributed by atoms with Gasteiger partial charge in [-0.05, 0) is 49.7 Å². The molecular formula is C22H21FN4O2. The van der Waals surface area contributed by atoms with Crippen molar-refractivity contribution in [1.82, 2.24) is 19.7 Å². The number of halogens is 1. The Labute approximate surface area is 167 Å². The van der Waals surface area contributed by atoms with Crippen molar-refractivity contribution < 1.29 is 13.6 Å². The van der Waals surface area contributed by atoms with Crippen LogP contribution in [0.4, 0.5) is 4.39 Å². The zero-order valence-corrected chi connectivity index (χ0v) is 16.5. The highest BCUT2D eigenvalue weighted by Gasteiger charge is 2.23. The first-order valence-corrected chi connectivity index (χ1v) is 9.40. The lowest BCUT2D eigenvalue weighted by Gasteiger charge is -2.22. The molecule has 0 atom stereocenters. The number of hydrogen-bond acceptors (Lipinski definition) is 4. The molecule has 0 fully saturated rings. The number of furan rings is 1. The van der Waals surface area contributed by atoms with Crippen LogP contribution in [-0.2, 0) is 13.6 Å². The number of hydrogen-bond donors (Lipinski definition) is 0. The van der Waals surface area contributed by atoms with Gasteiger partial charge in [-0.3, -0.25) is 9.48 Å². The van der Waals surface area contributed by atoms with E-state index in [2.05, 4.69) is 10.1 Å². The van der Waals surface area contributed by atoms with Crippen molar-refractivity contribution >= 4 is 16.9 Å². The van der Waals surface area contributed by atoms with Gasteiger partial charge in [0.05, 0.1) is 22.9 Å². The average Bonchev–Trinajstić information content (AvgIpc) is 3.34. The van der Waals surface area contributed by atoms with Gasteiger partial charge in [0.2, 0.25) is 0 Å². The summed E-state index contributed by atoms with van der Waals surface area (Å²) in [6.45, 7) is 4.55. The molecule has 148 valence electrons. The zero-order valence-electron chi connectivity index (χ0n) is 16.5. The van der Waals surface area contributed by atoms with Gasteiger partial charge >= 0.3 is 0 Å². The van der Waals surface area contributed by atoms with Crippen molar-refractivity contribution in [1.29, 1.82) is 0 Å². The fraction of sp³-hybridized carbons (Fsp3) is 0.227. The molecule has 1 aromatic carbocycles. The number of aromatic nitrogens is 3. The Bertz CT molecular complexity index is 1180. The summed E-state index contributed by atoms with van der Waals surface area (Å²) in [6, 6.07) is 11.6. The van der Waals surface area contributed by atoms with Crippen LogP contribution >= 0.6 is 0 Å². The normalized spacial score (nSPS) is 11.2. The van der Waals surface area contributed by atoms with Crippen molar-refractivity contribution in [3.63, 3.8) is 0 Å². The van der Waals surface area contributed by atoms with E-state index in [0.717, 1.165) is 11.3 Å². The molecule has 0 spiro atoms. The molecule has 0 saturated carbocycles. The van der Waals surface area contributed by atoms with Crippen molar-refractivity contribution in [2.45, 2.75) is 20.4 Å². The third-order valence-corrected chi connectivity index (χ3v) is 4.90. The maximum absolute atomic E-state index is 13.6. The van der Waals surface area contributed by atoms with Gasteiger partial charge in [0.1, 0.15) is 11.5 Å². The van der Waals surface area contributed by atoms with Crippen LogP contribution in [0.1, 0.15) is 28.5 Å². The standard InChI is InChI=1S/C22H21FN4O2/c1-4-27(13-15-7-5-8-16(23)11-15)22(28)17-12-18(19-9-6-10-29-19)24-21-20(17)14(2)25-26(21)3/h5-12H,4,13H2,1-3H3. The highest BCUT2D eigenvalue weighted by Crippen LogP contribution is 2.28. The molecule has 3 aromatic heterocycles. The lowest BCUT2D eigenvalue weighted by molar-refractivity contribution is 0.0754. The first-order chi connectivity index (χ1) is 14.0. The van der Waals surface area contributed by atoms with E-state index in [9.17, 15) is 9.18 Å². The Morgan fingerprint density at radius 1 is 1.24 bits per heavy atom. The van der Waals surface area contributed by atoms with Crippen LogP contribution in [0.3, 0.4) is 0 Å². The van der Waals surface area contributed by atoms with Crippen LogP contribution in [0.2, 0.25) is 0 Å². The summed E-state index contributed by atoms with van der Waals surface area (Å²) in [7, 11) is 1.80. The number of aryl methyl sites for hydroxylation is 2. The number of amides is 1. The van der Waals surface area contributed by atoms with Crippen molar-refractivity contribution in [3.8, 4) is 11.5 Å². The maximum atomic E-state index is 13.6. The molecule has 0 aliphatic heterocycles. The van der Waals surface area contributed by atoms with Crippen LogP contribution in [0.5, 0.6) is 0 Å². The number of carbonyl (C=O) groups is 1. The van der Waals surface area contributed by atoms with E-state index in [-0.39, 0.29) is 11.7 Å². The molecular weight excluding hydrogens is 371 g/mol. The van der Waals surface area contributed by atoms with Gasteiger partial charge in [0.25, 0.3) is 5.91 Å². The van der Waals surface area contributed by atoms with Gasteiger partial charge in [-0.2, -0.15) is 5.10 Å². The van der Waals surface area contributed by atoms with Gasteiger partial charge in [-0.25, -0.2) is 9.37 Å². The van der Waals surface area contributed by atoms with Crippen LogP contribution in [0, 0.1) is 12.7 Å². The minimum atomic E-state index is -0.319. The number of rotatable bonds is 5. The van der Waals surface area contributed by atoms with Crippen molar-refractivity contribution in [2.24, 2.45) is 7.05 Å². The summed E-state index contributed by atoms with van der Waals surface area (Å²) < 4.78 is 20.7.